The van der Waals surface area contributed by atoms with Crippen LogP contribution in [-0.2, 0) is 16.6 Å². The minimum absolute atomic E-state index is 0.155. The number of aromatic nitrogens is 2. The van der Waals surface area contributed by atoms with E-state index in [0.717, 1.165) is 11.1 Å². The van der Waals surface area contributed by atoms with Crippen molar-refractivity contribution >= 4 is 10.0 Å². The largest absolute Gasteiger partial charge is 0.347 e. The Balaban J connectivity index is 2.20. The van der Waals surface area contributed by atoms with Gasteiger partial charge in [0.15, 0.2) is 0 Å². The maximum Gasteiger partial charge on any atom is 0.241 e. The molecule has 0 saturated heterocycles. The van der Waals surface area contributed by atoms with Gasteiger partial charge < -0.3 is 4.98 Å². The van der Waals surface area contributed by atoms with Crippen LogP contribution >= 0.6 is 0 Å². The quantitative estimate of drug-likeness (QED) is 0.879. The molecule has 0 aliphatic heterocycles. The van der Waals surface area contributed by atoms with Crippen molar-refractivity contribution in [2.24, 2.45) is 0 Å². The first-order valence-electron chi connectivity index (χ1n) is 5.54. The fourth-order valence-corrected chi connectivity index (χ4v) is 2.95. The summed E-state index contributed by atoms with van der Waals surface area (Å²) in [6.45, 7) is 3.87. The van der Waals surface area contributed by atoms with Gasteiger partial charge in [0.2, 0.25) is 10.0 Å². The second-order valence-corrected chi connectivity index (χ2v) is 5.86. The number of nitrogens with one attached hydrogen (secondary N) is 2. The first-order chi connectivity index (χ1) is 8.49. The first kappa shape index (κ1) is 12.8. The van der Waals surface area contributed by atoms with Crippen molar-refractivity contribution in [3.8, 4) is 0 Å². The molecule has 6 heteroatoms. The number of nitrogens with zero attached hydrogens (tertiary/aromatic N) is 1. The molecule has 96 valence electrons. The molecule has 0 bridgehead atoms. The van der Waals surface area contributed by atoms with Crippen LogP contribution in [0.15, 0.2) is 35.5 Å². The summed E-state index contributed by atoms with van der Waals surface area (Å²) >= 11 is 0. The molecule has 0 atom stereocenters. The number of aryl methyl sites for hydroxylation is 2. The third-order valence-corrected chi connectivity index (χ3v) is 4.17. The molecule has 0 unspecified atom stereocenters. The lowest BCUT2D eigenvalue weighted by Gasteiger charge is -2.09. The van der Waals surface area contributed by atoms with E-state index >= 15 is 0 Å². The SMILES string of the molecule is Cc1ccc(S(=O)(=O)NCc2ncc[nH]2)c(C)c1. The molecule has 2 aromatic rings. The fourth-order valence-electron chi connectivity index (χ4n) is 1.74. The fraction of sp³-hybridized carbons (Fsp3) is 0.250. The Hall–Kier alpha value is -1.66. The zero-order valence-electron chi connectivity index (χ0n) is 10.3. The minimum Gasteiger partial charge on any atom is -0.347 e. The maximum absolute atomic E-state index is 12.1. The normalized spacial score (nSPS) is 11.7. The number of imidazole rings is 1. The lowest BCUT2D eigenvalue weighted by molar-refractivity contribution is 0.579. The molecule has 18 heavy (non-hydrogen) atoms. The molecule has 0 radical (unpaired) electrons. The van der Waals surface area contributed by atoms with Crippen LogP contribution in [0.3, 0.4) is 0 Å². The van der Waals surface area contributed by atoms with Crippen LogP contribution in [0, 0.1) is 13.8 Å². The number of hydrogen-bond donors (Lipinski definition) is 2. The summed E-state index contributed by atoms with van der Waals surface area (Å²) in [4.78, 5) is 7.12. The average molecular weight is 265 g/mol. The molecular formula is C12H15N3O2S. The highest BCUT2D eigenvalue weighted by molar-refractivity contribution is 7.89. The van der Waals surface area contributed by atoms with E-state index in [1.165, 1.54) is 0 Å². The average Bonchev–Trinajstić information content (AvgIpc) is 2.78. The Morgan fingerprint density at radius 1 is 1.33 bits per heavy atom. The van der Waals surface area contributed by atoms with Crippen molar-refractivity contribution in [1.29, 1.82) is 0 Å². The molecule has 2 N–H and O–H groups in total. The smallest absolute Gasteiger partial charge is 0.241 e. The van der Waals surface area contributed by atoms with Gasteiger partial charge in [-0.3, -0.25) is 0 Å². The Kier molecular flexibility index (Phi) is 3.49. The van der Waals surface area contributed by atoms with Gasteiger partial charge in [0.1, 0.15) is 5.82 Å². The first-order valence-corrected chi connectivity index (χ1v) is 7.02. The zero-order valence-corrected chi connectivity index (χ0v) is 11.1. The van der Waals surface area contributed by atoms with Gasteiger partial charge in [0.05, 0.1) is 11.4 Å². The number of hydrogen-bond acceptors (Lipinski definition) is 3. The van der Waals surface area contributed by atoms with Crippen LogP contribution in [0.25, 0.3) is 0 Å². The predicted molar refractivity (Wildman–Crippen MR) is 68.5 cm³/mol. The Morgan fingerprint density at radius 2 is 2.11 bits per heavy atom. The summed E-state index contributed by atoms with van der Waals surface area (Å²) in [5.74, 6) is 0.586. The summed E-state index contributed by atoms with van der Waals surface area (Å²) in [5.41, 5.74) is 1.78. The minimum atomic E-state index is -3.49. The summed E-state index contributed by atoms with van der Waals surface area (Å²) in [7, 11) is -3.49. The molecule has 2 rings (SSSR count). The second-order valence-electron chi connectivity index (χ2n) is 4.13. The zero-order chi connectivity index (χ0) is 13.2. The van der Waals surface area contributed by atoms with E-state index in [9.17, 15) is 8.42 Å². The van der Waals surface area contributed by atoms with Crippen LogP contribution in [-0.4, -0.2) is 18.4 Å². The summed E-state index contributed by atoms with van der Waals surface area (Å²) in [6.07, 6.45) is 3.24. The molecule has 1 aromatic carbocycles. The van der Waals surface area contributed by atoms with Gasteiger partial charge in [-0.15, -0.1) is 0 Å². The monoisotopic (exact) mass is 265 g/mol. The number of benzene rings is 1. The Labute approximate surface area is 106 Å². The molecule has 0 amide bonds. The highest BCUT2D eigenvalue weighted by atomic mass is 32.2. The van der Waals surface area contributed by atoms with E-state index in [0.29, 0.717) is 10.7 Å². The van der Waals surface area contributed by atoms with E-state index in [1.807, 2.05) is 13.0 Å². The molecule has 0 saturated carbocycles. The van der Waals surface area contributed by atoms with Crippen LogP contribution in [0.4, 0.5) is 0 Å². The van der Waals surface area contributed by atoms with Crippen molar-refractivity contribution in [1.82, 2.24) is 14.7 Å². The van der Waals surface area contributed by atoms with Crippen molar-refractivity contribution in [2.45, 2.75) is 25.3 Å². The lowest BCUT2D eigenvalue weighted by atomic mass is 10.2. The van der Waals surface area contributed by atoms with Crippen LogP contribution in [0.5, 0.6) is 0 Å². The van der Waals surface area contributed by atoms with Gasteiger partial charge in [-0.25, -0.2) is 18.1 Å². The van der Waals surface area contributed by atoms with Crippen LogP contribution in [0.1, 0.15) is 17.0 Å². The molecule has 0 aliphatic rings. The number of H-pyrrole nitrogens is 1. The Morgan fingerprint density at radius 3 is 2.72 bits per heavy atom. The number of sulfonamides is 1. The summed E-state index contributed by atoms with van der Waals surface area (Å²) in [6, 6.07) is 5.26. The third-order valence-electron chi connectivity index (χ3n) is 2.60. The summed E-state index contributed by atoms with van der Waals surface area (Å²) in [5, 5.41) is 0. The van der Waals surface area contributed by atoms with Crippen molar-refractivity contribution < 1.29 is 8.42 Å². The van der Waals surface area contributed by atoms with Gasteiger partial charge in [-0.05, 0) is 25.5 Å². The van der Waals surface area contributed by atoms with Gasteiger partial charge in [-0.2, -0.15) is 0 Å². The number of aromatic amines is 1. The van der Waals surface area contributed by atoms with Crippen LogP contribution < -0.4 is 4.72 Å². The molecule has 0 spiro atoms. The topological polar surface area (TPSA) is 74.8 Å². The lowest BCUT2D eigenvalue weighted by Crippen LogP contribution is -2.24. The van der Waals surface area contributed by atoms with E-state index in [2.05, 4.69) is 14.7 Å². The molecule has 1 aromatic heterocycles. The highest BCUT2D eigenvalue weighted by Gasteiger charge is 2.16. The van der Waals surface area contributed by atoms with E-state index in [-0.39, 0.29) is 6.54 Å². The highest BCUT2D eigenvalue weighted by Crippen LogP contribution is 2.16. The number of rotatable bonds is 4. The van der Waals surface area contributed by atoms with Gasteiger partial charge in [0.25, 0.3) is 0 Å². The van der Waals surface area contributed by atoms with Crippen molar-refractivity contribution in [2.75, 3.05) is 0 Å². The third kappa shape index (κ3) is 2.77. The Bertz CT molecular complexity index is 633. The van der Waals surface area contributed by atoms with E-state index < -0.39 is 10.0 Å². The predicted octanol–water partition coefficient (Wildman–Crippen LogP) is 1.51. The van der Waals surface area contributed by atoms with Crippen molar-refractivity contribution in [3.05, 3.63) is 47.5 Å². The molecule has 0 aliphatic carbocycles. The maximum atomic E-state index is 12.1. The van der Waals surface area contributed by atoms with Crippen LogP contribution in [0.2, 0.25) is 0 Å². The van der Waals surface area contributed by atoms with Gasteiger partial charge in [0, 0.05) is 12.4 Å². The van der Waals surface area contributed by atoms with Gasteiger partial charge >= 0.3 is 0 Å². The summed E-state index contributed by atoms with van der Waals surface area (Å²) < 4.78 is 26.7. The standard InChI is InChI=1S/C12H15N3O2S/c1-9-3-4-11(10(2)7-9)18(16,17)15-8-12-13-5-6-14-12/h3-7,15H,8H2,1-2H3,(H,13,14). The van der Waals surface area contributed by atoms with E-state index in [1.54, 1.807) is 31.5 Å². The van der Waals surface area contributed by atoms with Gasteiger partial charge in [-0.1, -0.05) is 17.7 Å². The molecule has 0 fully saturated rings. The molecule has 5 nitrogen and oxygen atoms in total. The molecular weight excluding hydrogens is 250 g/mol. The van der Waals surface area contributed by atoms with Crippen molar-refractivity contribution in [3.63, 3.8) is 0 Å². The van der Waals surface area contributed by atoms with E-state index in [4.69, 9.17) is 0 Å². The second kappa shape index (κ2) is 4.91. The molecule has 1 heterocycles.